The monoisotopic (exact) mass is 748 g/mol. The van der Waals surface area contributed by atoms with Crippen molar-refractivity contribution >= 4 is 86.9 Å². The van der Waals surface area contributed by atoms with Gasteiger partial charge in [-0.05, 0) is 65.2 Å². The molecular weight excluding hydrogens is 717 g/mol. The van der Waals surface area contributed by atoms with Crippen LogP contribution in [0.1, 0.15) is 22.9 Å². The minimum atomic E-state index is -0.263. The molecule has 6 heteroatoms. The fourth-order valence-corrected chi connectivity index (χ4v) is 9.97. The summed E-state index contributed by atoms with van der Waals surface area (Å²) in [5.74, 6) is 1.54. The van der Waals surface area contributed by atoms with E-state index in [9.17, 15) is 0 Å². The Labute approximate surface area is 331 Å². The highest BCUT2D eigenvalue weighted by molar-refractivity contribution is 7.26. The number of fused-ring (bicyclic) bond motifs is 9. The Morgan fingerprint density at radius 2 is 1.09 bits per heavy atom. The van der Waals surface area contributed by atoms with Gasteiger partial charge in [-0.25, -0.2) is 9.98 Å². The maximum Gasteiger partial charge on any atom is 0.159 e. The third-order valence-electron chi connectivity index (χ3n) is 11.3. The van der Waals surface area contributed by atoms with Crippen molar-refractivity contribution in [2.75, 3.05) is 0 Å². The Balaban J connectivity index is 0.999. The molecule has 4 heterocycles. The maximum absolute atomic E-state index is 6.45. The zero-order valence-corrected chi connectivity index (χ0v) is 31.4. The highest BCUT2D eigenvalue weighted by Crippen LogP contribution is 2.43. The van der Waals surface area contributed by atoms with Crippen molar-refractivity contribution in [2.45, 2.75) is 6.17 Å². The van der Waals surface area contributed by atoms with E-state index in [0.717, 1.165) is 61.6 Å². The third-order valence-corrected chi connectivity index (χ3v) is 12.6. The predicted molar refractivity (Wildman–Crippen MR) is 238 cm³/mol. The van der Waals surface area contributed by atoms with Crippen molar-refractivity contribution in [1.29, 1.82) is 0 Å². The quantitative estimate of drug-likeness (QED) is 0.191. The van der Waals surface area contributed by atoms with Crippen LogP contribution in [0.4, 0.5) is 0 Å². The molecule has 1 N–H and O–H groups in total. The number of benzene rings is 8. The van der Waals surface area contributed by atoms with Crippen LogP contribution in [0.3, 0.4) is 0 Å². The molecule has 0 saturated carbocycles. The highest BCUT2D eigenvalue weighted by Gasteiger charge is 2.24. The van der Waals surface area contributed by atoms with Crippen LogP contribution in [-0.4, -0.2) is 16.2 Å². The molecule has 0 radical (unpaired) electrons. The van der Waals surface area contributed by atoms with Crippen LogP contribution in [-0.2, 0) is 0 Å². The van der Waals surface area contributed by atoms with Gasteiger partial charge in [0.2, 0.25) is 0 Å². The molecule has 1 aliphatic rings. The lowest BCUT2D eigenvalue weighted by atomic mass is 10.00. The number of nitrogens with zero attached hydrogens (tertiary/aromatic N) is 3. The Hall–Kier alpha value is -7.28. The second kappa shape index (κ2) is 12.6. The first-order valence-electron chi connectivity index (χ1n) is 19.2. The zero-order chi connectivity index (χ0) is 37.5. The lowest BCUT2D eigenvalue weighted by Gasteiger charge is -2.24. The van der Waals surface area contributed by atoms with Crippen molar-refractivity contribution in [1.82, 2.24) is 9.88 Å². The first kappa shape index (κ1) is 32.0. The van der Waals surface area contributed by atoms with Crippen molar-refractivity contribution in [3.63, 3.8) is 0 Å². The first-order valence-corrected chi connectivity index (χ1v) is 20.0. The van der Waals surface area contributed by atoms with E-state index in [4.69, 9.17) is 14.4 Å². The molecule has 0 saturated heterocycles. The number of thiophene rings is 1. The van der Waals surface area contributed by atoms with Crippen LogP contribution < -0.4 is 5.32 Å². The van der Waals surface area contributed by atoms with E-state index in [-0.39, 0.29) is 6.17 Å². The van der Waals surface area contributed by atoms with E-state index >= 15 is 0 Å². The van der Waals surface area contributed by atoms with Crippen LogP contribution >= 0.6 is 11.3 Å². The van der Waals surface area contributed by atoms with Gasteiger partial charge in [0, 0.05) is 58.5 Å². The number of amidine groups is 2. The molecule has 8 aromatic carbocycles. The largest absolute Gasteiger partial charge is 0.456 e. The molecule has 57 heavy (non-hydrogen) atoms. The minimum Gasteiger partial charge on any atom is -0.456 e. The molecule has 11 aromatic rings. The number of nitrogens with one attached hydrogen (secondary N) is 1. The van der Waals surface area contributed by atoms with E-state index in [1.165, 1.54) is 47.5 Å². The molecule has 1 unspecified atom stereocenters. The van der Waals surface area contributed by atoms with E-state index in [0.29, 0.717) is 0 Å². The Kier molecular flexibility index (Phi) is 7.09. The summed E-state index contributed by atoms with van der Waals surface area (Å²) >= 11 is 1.82. The summed E-state index contributed by atoms with van der Waals surface area (Å²) in [5, 5.41) is 10.8. The van der Waals surface area contributed by atoms with E-state index < -0.39 is 0 Å². The zero-order valence-electron chi connectivity index (χ0n) is 30.6. The van der Waals surface area contributed by atoms with Gasteiger partial charge in [-0.2, -0.15) is 0 Å². The normalized spacial score (nSPS) is 14.5. The van der Waals surface area contributed by atoms with Crippen molar-refractivity contribution < 1.29 is 4.42 Å². The second-order valence-electron chi connectivity index (χ2n) is 14.6. The summed E-state index contributed by atoms with van der Waals surface area (Å²) in [4.78, 5) is 10.2. The predicted octanol–water partition coefficient (Wildman–Crippen LogP) is 13.2. The number of furan rings is 1. The summed E-state index contributed by atoms with van der Waals surface area (Å²) in [5.41, 5.74) is 10.8. The summed E-state index contributed by atoms with van der Waals surface area (Å²) in [6.45, 7) is 0. The van der Waals surface area contributed by atoms with Crippen LogP contribution in [0.15, 0.2) is 196 Å². The van der Waals surface area contributed by atoms with Gasteiger partial charge < -0.3 is 14.3 Å². The van der Waals surface area contributed by atoms with Gasteiger partial charge in [-0.1, -0.05) is 133 Å². The van der Waals surface area contributed by atoms with Crippen LogP contribution in [0.25, 0.3) is 80.7 Å². The number of hydrogen-bond donors (Lipinski definition) is 1. The van der Waals surface area contributed by atoms with Crippen molar-refractivity contribution in [2.24, 2.45) is 9.98 Å². The molecule has 0 bridgehead atoms. The molecule has 0 spiro atoms. The fourth-order valence-electron chi connectivity index (χ4n) is 8.62. The third kappa shape index (κ3) is 5.08. The molecule has 0 aliphatic carbocycles. The van der Waals surface area contributed by atoms with Crippen LogP contribution in [0.2, 0.25) is 0 Å². The molecule has 0 fully saturated rings. The molecule has 1 aliphatic heterocycles. The van der Waals surface area contributed by atoms with Gasteiger partial charge in [-0.15, -0.1) is 11.3 Å². The number of rotatable bonds is 5. The maximum atomic E-state index is 6.45. The molecule has 3 aromatic heterocycles. The van der Waals surface area contributed by atoms with Gasteiger partial charge in [-0.3, -0.25) is 0 Å². The average Bonchev–Trinajstić information content (AvgIpc) is 3.96. The molecular formula is C51H32N4OS. The van der Waals surface area contributed by atoms with Gasteiger partial charge >= 0.3 is 0 Å². The Morgan fingerprint density at radius 3 is 1.82 bits per heavy atom. The van der Waals surface area contributed by atoms with Gasteiger partial charge in [0.1, 0.15) is 23.2 Å². The SMILES string of the molecule is c1ccc(C2=NC(c3ccccc3)NC(c3cccc4c3sc3c(-c5ccc6oc7ccc(-n8c9ccccc9c9ccccc98)cc7c6c5)cccc34)=N2)cc1. The van der Waals surface area contributed by atoms with E-state index in [1.54, 1.807) is 0 Å². The number of para-hydroxylation sites is 2. The van der Waals surface area contributed by atoms with Gasteiger partial charge in [0.15, 0.2) is 5.84 Å². The average molecular weight is 749 g/mol. The lowest BCUT2D eigenvalue weighted by Crippen LogP contribution is -2.33. The summed E-state index contributed by atoms with van der Waals surface area (Å²) in [7, 11) is 0. The Bertz CT molecular complexity index is 3390. The van der Waals surface area contributed by atoms with Crippen molar-refractivity contribution in [3.8, 4) is 16.8 Å². The molecule has 12 rings (SSSR count). The second-order valence-corrected chi connectivity index (χ2v) is 15.6. The van der Waals surface area contributed by atoms with Gasteiger partial charge in [0.05, 0.1) is 11.0 Å². The number of aliphatic imine (C=N–C) groups is 2. The van der Waals surface area contributed by atoms with Crippen LogP contribution in [0.5, 0.6) is 0 Å². The highest BCUT2D eigenvalue weighted by atomic mass is 32.1. The topological polar surface area (TPSA) is 54.8 Å². The molecule has 5 nitrogen and oxygen atoms in total. The smallest absolute Gasteiger partial charge is 0.159 e. The van der Waals surface area contributed by atoms with E-state index in [2.05, 4.69) is 168 Å². The number of hydrogen-bond acceptors (Lipinski definition) is 5. The fraction of sp³-hybridized carbons (Fsp3) is 0.0196. The molecule has 0 amide bonds. The van der Waals surface area contributed by atoms with Gasteiger partial charge in [0.25, 0.3) is 0 Å². The molecule has 1 atom stereocenters. The number of aromatic nitrogens is 1. The lowest BCUT2D eigenvalue weighted by molar-refractivity contribution is 0.669. The van der Waals surface area contributed by atoms with Crippen LogP contribution in [0, 0.1) is 0 Å². The summed E-state index contributed by atoms with van der Waals surface area (Å²) in [6.07, 6.45) is -0.263. The summed E-state index contributed by atoms with van der Waals surface area (Å²) < 4.78 is 11.3. The standard InChI is InChI=1S/C51H32N4OS/c1-3-13-31(14-4-1)49-52-50(32-15-5-2-6-16-32)54-51(53-49)40-22-12-21-39-38-20-11-19-35(47(38)57-48(39)40)33-25-27-45-41(29-33)42-30-34(26-28-46(42)56-45)55-43-23-9-7-17-36(43)37-18-8-10-24-44(37)55/h1-30,49H,(H,52,53,54). The van der Waals surface area contributed by atoms with Crippen molar-refractivity contribution in [3.05, 3.63) is 199 Å². The molecule has 268 valence electrons. The summed E-state index contributed by atoms with van der Waals surface area (Å²) in [6, 6.07) is 64.3. The first-order chi connectivity index (χ1) is 28.2. The minimum absolute atomic E-state index is 0.263. The Morgan fingerprint density at radius 1 is 0.491 bits per heavy atom. The van der Waals surface area contributed by atoms with E-state index in [1.807, 2.05) is 35.6 Å².